The largest absolute Gasteiger partial charge is 0.310 e. The van der Waals surface area contributed by atoms with Gasteiger partial charge >= 0.3 is 0 Å². The van der Waals surface area contributed by atoms with Crippen molar-refractivity contribution >= 4 is 49.4 Å². The molecule has 0 fully saturated rings. The first-order chi connectivity index (χ1) is 24.1. The van der Waals surface area contributed by atoms with E-state index >= 15 is 0 Å². The lowest BCUT2D eigenvalue weighted by Crippen LogP contribution is -2.09. The monoisotopic (exact) mass is 634 g/mol. The molecular formula is C45H28F2N2. The van der Waals surface area contributed by atoms with Gasteiger partial charge in [0.05, 0.1) is 0 Å². The molecule has 0 aliphatic heterocycles. The normalized spacial score (nSPS) is 11.5. The van der Waals surface area contributed by atoms with Crippen LogP contribution in [0.2, 0.25) is 0 Å². The average Bonchev–Trinajstić information content (AvgIpc) is 3.16. The maximum Gasteiger partial charge on any atom is 0.123 e. The van der Waals surface area contributed by atoms with E-state index in [0.717, 1.165) is 82.8 Å². The minimum absolute atomic E-state index is 0.256. The summed E-state index contributed by atoms with van der Waals surface area (Å²) < 4.78 is 28.0. The minimum atomic E-state index is -0.265. The first kappa shape index (κ1) is 28.8. The molecule has 0 unspecified atom stereocenters. The van der Waals surface area contributed by atoms with E-state index in [1.165, 1.54) is 24.3 Å². The quantitative estimate of drug-likeness (QED) is 0.169. The van der Waals surface area contributed by atoms with Crippen molar-refractivity contribution < 1.29 is 8.78 Å². The SMILES string of the molecule is Fc1ccc(-c2ccc3ccc4c(-c5ccc(F)cc5)cc(-c5ccc(N(c6ccccc6)c6ccncc6)cc5)c5ccc2c3c45)cc1. The minimum Gasteiger partial charge on any atom is -0.310 e. The van der Waals surface area contributed by atoms with E-state index in [4.69, 9.17) is 0 Å². The van der Waals surface area contributed by atoms with Gasteiger partial charge in [-0.3, -0.25) is 4.98 Å². The highest BCUT2D eigenvalue weighted by Crippen LogP contribution is 2.46. The number of aromatic nitrogens is 1. The van der Waals surface area contributed by atoms with E-state index in [-0.39, 0.29) is 11.6 Å². The Morgan fingerprint density at radius 3 is 1.47 bits per heavy atom. The third-order valence-electron chi connectivity index (χ3n) is 9.46. The average molecular weight is 635 g/mol. The molecule has 0 radical (unpaired) electrons. The van der Waals surface area contributed by atoms with Crippen molar-refractivity contribution in [2.45, 2.75) is 0 Å². The fourth-order valence-electron chi connectivity index (χ4n) is 7.19. The molecule has 0 saturated heterocycles. The van der Waals surface area contributed by atoms with Crippen molar-refractivity contribution in [1.29, 1.82) is 0 Å². The summed E-state index contributed by atoms with van der Waals surface area (Å²) in [5, 5.41) is 6.79. The summed E-state index contributed by atoms with van der Waals surface area (Å²) >= 11 is 0. The molecule has 0 N–H and O–H groups in total. The van der Waals surface area contributed by atoms with Gasteiger partial charge in [0.2, 0.25) is 0 Å². The third kappa shape index (κ3) is 4.97. The number of rotatable bonds is 6. The second-order valence-electron chi connectivity index (χ2n) is 12.3. The first-order valence-electron chi connectivity index (χ1n) is 16.2. The summed E-state index contributed by atoms with van der Waals surface area (Å²) in [6.07, 6.45) is 3.62. The highest BCUT2D eigenvalue weighted by Gasteiger charge is 2.19. The van der Waals surface area contributed by atoms with Gasteiger partial charge < -0.3 is 4.90 Å². The Bertz CT molecular complexity index is 2540. The van der Waals surface area contributed by atoms with Crippen LogP contribution in [0.15, 0.2) is 170 Å². The van der Waals surface area contributed by atoms with Gasteiger partial charge in [-0.25, -0.2) is 8.78 Å². The number of para-hydroxylation sites is 1. The number of hydrogen-bond acceptors (Lipinski definition) is 2. The molecule has 232 valence electrons. The molecule has 4 heteroatoms. The smallest absolute Gasteiger partial charge is 0.123 e. The van der Waals surface area contributed by atoms with Crippen LogP contribution in [-0.2, 0) is 0 Å². The predicted molar refractivity (Wildman–Crippen MR) is 199 cm³/mol. The molecule has 0 atom stereocenters. The molecule has 1 aromatic heterocycles. The zero-order chi connectivity index (χ0) is 32.9. The van der Waals surface area contributed by atoms with E-state index in [1.54, 1.807) is 0 Å². The van der Waals surface area contributed by atoms with Crippen molar-refractivity contribution in [2.24, 2.45) is 0 Å². The maximum absolute atomic E-state index is 14.1. The number of pyridine rings is 1. The Kier molecular flexibility index (Phi) is 6.87. The van der Waals surface area contributed by atoms with Crippen molar-refractivity contribution in [1.82, 2.24) is 4.98 Å². The zero-order valence-electron chi connectivity index (χ0n) is 26.3. The van der Waals surface area contributed by atoms with Gasteiger partial charge in [0.1, 0.15) is 11.6 Å². The highest BCUT2D eigenvalue weighted by atomic mass is 19.1. The molecule has 0 spiro atoms. The van der Waals surface area contributed by atoms with E-state index in [0.29, 0.717) is 0 Å². The summed E-state index contributed by atoms with van der Waals surface area (Å²) in [6, 6.07) is 51.7. The zero-order valence-corrected chi connectivity index (χ0v) is 26.3. The number of anilines is 3. The van der Waals surface area contributed by atoms with Crippen LogP contribution in [0.4, 0.5) is 25.8 Å². The second-order valence-corrected chi connectivity index (χ2v) is 12.3. The fourth-order valence-corrected chi connectivity index (χ4v) is 7.19. The van der Waals surface area contributed by atoms with E-state index in [9.17, 15) is 8.78 Å². The number of nitrogens with zero attached hydrogens (tertiary/aromatic N) is 2. The van der Waals surface area contributed by atoms with E-state index in [1.807, 2.05) is 67.0 Å². The second kappa shape index (κ2) is 11.7. The molecular weight excluding hydrogens is 607 g/mol. The Labute approximate surface area is 282 Å². The standard InChI is InChI=1S/C45H28F2N2/c46-33-14-6-29(7-15-33)38-20-12-32-13-21-40-42(30-8-16-34(47)17-9-30)28-43(41-23-22-39(38)44(32)45(40)41)31-10-18-36(19-11-31)49(35-4-2-1-3-5-35)37-24-26-48-27-25-37/h1-28H. The van der Waals surface area contributed by atoms with Gasteiger partial charge in [-0.2, -0.15) is 0 Å². The van der Waals surface area contributed by atoms with Crippen LogP contribution in [-0.4, -0.2) is 4.98 Å². The molecule has 0 aliphatic rings. The Morgan fingerprint density at radius 2 is 0.857 bits per heavy atom. The molecule has 1 heterocycles. The lowest BCUT2D eigenvalue weighted by molar-refractivity contribution is 0.627. The van der Waals surface area contributed by atoms with Gasteiger partial charge in [-0.15, -0.1) is 0 Å². The lowest BCUT2D eigenvalue weighted by Gasteiger charge is -2.25. The molecule has 0 aliphatic carbocycles. The van der Waals surface area contributed by atoms with Crippen LogP contribution in [0.5, 0.6) is 0 Å². The summed E-state index contributed by atoms with van der Waals surface area (Å²) in [6.45, 7) is 0. The molecule has 2 nitrogen and oxygen atoms in total. The molecule has 49 heavy (non-hydrogen) atoms. The summed E-state index contributed by atoms with van der Waals surface area (Å²) in [5.74, 6) is -0.521. The van der Waals surface area contributed by atoms with Crippen LogP contribution in [0.25, 0.3) is 65.7 Å². The Balaban J connectivity index is 1.28. The molecule has 0 saturated carbocycles. The number of halogens is 2. The topological polar surface area (TPSA) is 16.1 Å². The van der Waals surface area contributed by atoms with Crippen LogP contribution in [0.3, 0.4) is 0 Å². The summed E-state index contributed by atoms with van der Waals surface area (Å²) in [7, 11) is 0. The van der Waals surface area contributed by atoms with Gasteiger partial charge in [0.25, 0.3) is 0 Å². The Hall–Kier alpha value is -6.39. The molecule has 0 bridgehead atoms. The van der Waals surface area contributed by atoms with Gasteiger partial charge in [-0.1, -0.05) is 91.0 Å². The summed E-state index contributed by atoms with van der Waals surface area (Å²) in [4.78, 5) is 6.45. The van der Waals surface area contributed by atoms with Crippen molar-refractivity contribution in [3.05, 3.63) is 182 Å². The predicted octanol–water partition coefficient (Wildman–Crippen LogP) is 12.7. The van der Waals surface area contributed by atoms with Gasteiger partial charge in [0.15, 0.2) is 0 Å². The first-order valence-corrected chi connectivity index (χ1v) is 16.2. The van der Waals surface area contributed by atoms with Crippen LogP contribution >= 0.6 is 0 Å². The third-order valence-corrected chi connectivity index (χ3v) is 9.46. The maximum atomic E-state index is 14.1. The molecule has 9 aromatic rings. The Morgan fingerprint density at radius 1 is 0.388 bits per heavy atom. The van der Waals surface area contributed by atoms with Crippen LogP contribution in [0.1, 0.15) is 0 Å². The van der Waals surface area contributed by atoms with Crippen molar-refractivity contribution in [3.63, 3.8) is 0 Å². The highest BCUT2D eigenvalue weighted by molar-refractivity contribution is 6.30. The lowest BCUT2D eigenvalue weighted by atomic mass is 9.84. The van der Waals surface area contributed by atoms with Crippen molar-refractivity contribution in [3.8, 4) is 33.4 Å². The summed E-state index contributed by atoms with van der Waals surface area (Å²) in [5.41, 5.74) is 9.28. The number of benzene rings is 8. The molecule has 8 aromatic carbocycles. The fraction of sp³-hybridized carbons (Fsp3) is 0. The van der Waals surface area contributed by atoms with E-state index < -0.39 is 0 Å². The molecule has 9 rings (SSSR count). The van der Waals surface area contributed by atoms with Crippen LogP contribution in [0, 0.1) is 11.6 Å². The van der Waals surface area contributed by atoms with E-state index in [2.05, 4.69) is 88.7 Å². The number of hydrogen-bond donors (Lipinski definition) is 0. The molecule has 0 amide bonds. The van der Waals surface area contributed by atoms with Crippen LogP contribution < -0.4 is 4.90 Å². The van der Waals surface area contributed by atoms with Crippen molar-refractivity contribution in [2.75, 3.05) is 4.90 Å². The van der Waals surface area contributed by atoms with Gasteiger partial charge in [0, 0.05) is 29.5 Å². The van der Waals surface area contributed by atoms with Gasteiger partial charge in [-0.05, 0) is 132 Å².